The Morgan fingerprint density at radius 1 is 1.50 bits per heavy atom. The molecule has 0 spiro atoms. The van der Waals surface area contributed by atoms with Gasteiger partial charge in [0.25, 0.3) is 0 Å². The van der Waals surface area contributed by atoms with E-state index in [1.807, 2.05) is 12.1 Å². The highest BCUT2D eigenvalue weighted by molar-refractivity contribution is 4.98. The monoisotopic (exact) mass is 196 g/mol. The van der Waals surface area contributed by atoms with Gasteiger partial charge in [0.05, 0.1) is 6.26 Å². The van der Waals surface area contributed by atoms with E-state index in [4.69, 9.17) is 10.2 Å². The third-order valence-corrected chi connectivity index (χ3v) is 2.28. The summed E-state index contributed by atoms with van der Waals surface area (Å²) in [5, 5.41) is 3.37. The van der Waals surface area contributed by atoms with Crippen molar-refractivity contribution < 1.29 is 4.42 Å². The van der Waals surface area contributed by atoms with Crippen molar-refractivity contribution in [2.75, 3.05) is 19.6 Å². The van der Waals surface area contributed by atoms with Gasteiger partial charge in [-0.2, -0.15) is 0 Å². The highest BCUT2D eigenvalue weighted by atomic mass is 16.3. The second-order valence-electron chi connectivity index (χ2n) is 4.37. The Bertz CT molecular complexity index is 242. The summed E-state index contributed by atoms with van der Waals surface area (Å²) in [6.07, 6.45) is 2.65. The van der Waals surface area contributed by atoms with E-state index in [-0.39, 0.29) is 5.41 Å². The first-order valence-corrected chi connectivity index (χ1v) is 5.07. The lowest BCUT2D eigenvalue weighted by molar-refractivity contribution is 0.351. The molecule has 0 fully saturated rings. The molecule has 1 aromatic heterocycles. The van der Waals surface area contributed by atoms with Gasteiger partial charge in [-0.15, -0.1) is 0 Å². The van der Waals surface area contributed by atoms with E-state index in [0.717, 1.165) is 25.3 Å². The smallest absolute Gasteiger partial charge is 0.105 e. The minimum atomic E-state index is 0.184. The largest absolute Gasteiger partial charge is 0.469 e. The van der Waals surface area contributed by atoms with Crippen molar-refractivity contribution in [2.24, 2.45) is 11.1 Å². The first-order valence-electron chi connectivity index (χ1n) is 5.07. The normalized spacial score (nSPS) is 11.9. The van der Waals surface area contributed by atoms with Crippen LogP contribution in [0, 0.1) is 5.41 Å². The van der Waals surface area contributed by atoms with Crippen LogP contribution in [0.2, 0.25) is 0 Å². The topological polar surface area (TPSA) is 51.2 Å². The summed E-state index contributed by atoms with van der Waals surface area (Å²) in [6.45, 7) is 6.92. The van der Waals surface area contributed by atoms with Gasteiger partial charge in [-0.3, -0.25) is 0 Å². The van der Waals surface area contributed by atoms with Crippen molar-refractivity contribution in [1.29, 1.82) is 0 Å². The van der Waals surface area contributed by atoms with Crippen molar-refractivity contribution >= 4 is 0 Å². The molecule has 0 unspecified atom stereocenters. The minimum absolute atomic E-state index is 0.184. The number of rotatable bonds is 6. The first-order chi connectivity index (χ1) is 6.64. The molecule has 0 atom stereocenters. The SMILES string of the molecule is CC(C)(CN)CNCCc1ccco1. The average molecular weight is 196 g/mol. The highest BCUT2D eigenvalue weighted by Gasteiger charge is 2.14. The van der Waals surface area contributed by atoms with Crippen LogP contribution in [0.25, 0.3) is 0 Å². The molecule has 1 heterocycles. The molecule has 0 aliphatic carbocycles. The summed E-state index contributed by atoms with van der Waals surface area (Å²) in [5.74, 6) is 1.03. The zero-order chi connectivity index (χ0) is 10.4. The lowest BCUT2D eigenvalue weighted by Gasteiger charge is -2.22. The molecule has 0 aliphatic heterocycles. The van der Waals surface area contributed by atoms with Gasteiger partial charge in [0.1, 0.15) is 5.76 Å². The van der Waals surface area contributed by atoms with E-state index >= 15 is 0 Å². The summed E-state index contributed by atoms with van der Waals surface area (Å²) in [6, 6.07) is 3.91. The molecule has 3 heteroatoms. The predicted octanol–water partition coefficient (Wildman–Crippen LogP) is 1.40. The summed E-state index contributed by atoms with van der Waals surface area (Å²) in [4.78, 5) is 0. The van der Waals surface area contributed by atoms with Crippen LogP contribution in [-0.4, -0.2) is 19.6 Å². The van der Waals surface area contributed by atoms with Crippen LogP contribution in [0.5, 0.6) is 0 Å². The molecule has 0 amide bonds. The Labute approximate surface area is 85.7 Å². The third kappa shape index (κ3) is 3.94. The third-order valence-electron chi connectivity index (χ3n) is 2.28. The Morgan fingerprint density at radius 3 is 2.86 bits per heavy atom. The molecule has 14 heavy (non-hydrogen) atoms. The van der Waals surface area contributed by atoms with Crippen molar-refractivity contribution in [3.05, 3.63) is 24.2 Å². The van der Waals surface area contributed by atoms with E-state index in [1.54, 1.807) is 6.26 Å². The molecule has 0 radical (unpaired) electrons. The second kappa shape index (κ2) is 5.17. The molecule has 3 N–H and O–H groups in total. The summed E-state index contributed by atoms with van der Waals surface area (Å²) in [7, 11) is 0. The zero-order valence-electron chi connectivity index (χ0n) is 9.05. The molecule has 80 valence electrons. The van der Waals surface area contributed by atoms with Crippen molar-refractivity contribution in [3.8, 4) is 0 Å². The Hall–Kier alpha value is -0.800. The standard InChI is InChI=1S/C11H20N2O/c1-11(2,8-12)9-13-6-5-10-4-3-7-14-10/h3-4,7,13H,5-6,8-9,12H2,1-2H3. The molecule has 0 bridgehead atoms. The summed E-state index contributed by atoms with van der Waals surface area (Å²) >= 11 is 0. The van der Waals surface area contributed by atoms with Crippen LogP contribution in [0.4, 0.5) is 0 Å². The fourth-order valence-electron chi connectivity index (χ4n) is 1.17. The predicted molar refractivity (Wildman–Crippen MR) is 58.1 cm³/mol. The number of hydrogen-bond donors (Lipinski definition) is 2. The fraction of sp³-hybridized carbons (Fsp3) is 0.636. The molecule has 1 aromatic rings. The number of hydrogen-bond acceptors (Lipinski definition) is 3. The molecule has 0 saturated carbocycles. The van der Waals surface area contributed by atoms with Gasteiger partial charge in [0, 0.05) is 19.5 Å². The molecular weight excluding hydrogens is 176 g/mol. The quantitative estimate of drug-likeness (QED) is 0.676. The summed E-state index contributed by atoms with van der Waals surface area (Å²) < 4.78 is 5.23. The van der Waals surface area contributed by atoms with Crippen molar-refractivity contribution in [3.63, 3.8) is 0 Å². The minimum Gasteiger partial charge on any atom is -0.469 e. The van der Waals surface area contributed by atoms with Crippen molar-refractivity contribution in [1.82, 2.24) is 5.32 Å². The van der Waals surface area contributed by atoms with Gasteiger partial charge in [-0.25, -0.2) is 0 Å². The Balaban J connectivity index is 2.11. The van der Waals surface area contributed by atoms with E-state index in [0.29, 0.717) is 6.54 Å². The Kier molecular flexibility index (Phi) is 4.17. The van der Waals surface area contributed by atoms with Gasteiger partial charge >= 0.3 is 0 Å². The van der Waals surface area contributed by atoms with Crippen LogP contribution in [0.1, 0.15) is 19.6 Å². The van der Waals surface area contributed by atoms with E-state index in [1.165, 1.54) is 0 Å². The lowest BCUT2D eigenvalue weighted by atomic mass is 9.94. The number of nitrogens with two attached hydrogens (primary N) is 1. The maximum Gasteiger partial charge on any atom is 0.105 e. The van der Waals surface area contributed by atoms with E-state index in [2.05, 4.69) is 19.2 Å². The van der Waals surface area contributed by atoms with E-state index < -0.39 is 0 Å². The maximum atomic E-state index is 5.62. The zero-order valence-corrected chi connectivity index (χ0v) is 9.05. The first kappa shape index (κ1) is 11.3. The van der Waals surface area contributed by atoms with Crippen LogP contribution >= 0.6 is 0 Å². The van der Waals surface area contributed by atoms with Crippen molar-refractivity contribution in [2.45, 2.75) is 20.3 Å². The van der Waals surface area contributed by atoms with Crippen LogP contribution in [0.15, 0.2) is 22.8 Å². The van der Waals surface area contributed by atoms with Gasteiger partial charge in [0.2, 0.25) is 0 Å². The average Bonchev–Trinajstić information content (AvgIpc) is 2.65. The van der Waals surface area contributed by atoms with Crippen LogP contribution in [-0.2, 0) is 6.42 Å². The maximum absolute atomic E-state index is 5.62. The fourth-order valence-corrected chi connectivity index (χ4v) is 1.17. The highest BCUT2D eigenvalue weighted by Crippen LogP contribution is 2.09. The molecule has 0 saturated heterocycles. The number of furan rings is 1. The molecule has 0 aromatic carbocycles. The molecular formula is C11H20N2O. The molecule has 1 rings (SSSR count). The van der Waals surface area contributed by atoms with Gasteiger partial charge < -0.3 is 15.5 Å². The second-order valence-corrected chi connectivity index (χ2v) is 4.37. The van der Waals surface area contributed by atoms with Crippen LogP contribution in [0.3, 0.4) is 0 Å². The summed E-state index contributed by atoms with van der Waals surface area (Å²) in [5.41, 5.74) is 5.81. The lowest BCUT2D eigenvalue weighted by Crippen LogP contribution is -2.36. The van der Waals surface area contributed by atoms with E-state index in [9.17, 15) is 0 Å². The van der Waals surface area contributed by atoms with Gasteiger partial charge in [-0.05, 0) is 24.1 Å². The molecule has 3 nitrogen and oxygen atoms in total. The van der Waals surface area contributed by atoms with Crippen LogP contribution < -0.4 is 11.1 Å². The Morgan fingerprint density at radius 2 is 2.29 bits per heavy atom. The number of nitrogens with one attached hydrogen (secondary N) is 1. The van der Waals surface area contributed by atoms with Gasteiger partial charge in [-0.1, -0.05) is 13.8 Å². The van der Waals surface area contributed by atoms with Gasteiger partial charge in [0.15, 0.2) is 0 Å². The molecule has 0 aliphatic rings.